The minimum absolute atomic E-state index is 0.0604. The number of hydrogen-bond donors (Lipinski definition) is 1. The molecule has 0 spiro atoms. The van der Waals surface area contributed by atoms with E-state index in [0.29, 0.717) is 16.7 Å². The van der Waals surface area contributed by atoms with Crippen molar-refractivity contribution in [2.24, 2.45) is 11.8 Å². The highest BCUT2D eigenvalue weighted by molar-refractivity contribution is 7.15. The number of carbonyl (C=O) groups is 2. The summed E-state index contributed by atoms with van der Waals surface area (Å²) in [6.45, 7) is 4.38. The highest BCUT2D eigenvalue weighted by Gasteiger charge is 2.35. The molecular formula is C17H18ClFN4O2S. The van der Waals surface area contributed by atoms with Gasteiger partial charge in [0.05, 0.1) is 10.9 Å². The fourth-order valence-electron chi connectivity index (χ4n) is 2.73. The zero-order valence-corrected chi connectivity index (χ0v) is 15.9. The summed E-state index contributed by atoms with van der Waals surface area (Å²) >= 11 is 7.12. The van der Waals surface area contributed by atoms with E-state index in [1.807, 2.05) is 0 Å². The number of rotatable bonds is 5. The fraction of sp³-hybridized carbons (Fsp3) is 0.412. The van der Waals surface area contributed by atoms with Crippen molar-refractivity contribution >= 4 is 45.6 Å². The molecule has 2 heterocycles. The Labute approximate surface area is 159 Å². The number of carbonyl (C=O) groups excluding carboxylic acids is 2. The minimum atomic E-state index is -0.551. The summed E-state index contributed by atoms with van der Waals surface area (Å²) in [5.74, 6) is -1.09. The van der Waals surface area contributed by atoms with Crippen LogP contribution in [0.25, 0.3) is 0 Å². The van der Waals surface area contributed by atoms with Crippen molar-refractivity contribution in [1.82, 2.24) is 10.2 Å². The molecule has 0 aliphatic carbocycles. The zero-order chi connectivity index (χ0) is 18.8. The second kappa shape index (κ2) is 7.67. The van der Waals surface area contributed by atoms with Crippen LogP contribution in [0.4, 0.5) is 15.2 Å². The van der Waals surface area contributed by atoms with Gasteiger partial charge < -0.3 is 10.2 Å². The molecule has 1 fully saturated rings. The van der Waals surface area contributed by atoms with Gasteiger partial charge in [-0.15, -0.1) is 10.2 Å². The van der Waals surface area contributed by atoms with Gasteiger partial charge in [0.1, 0.15) is 10.8 Å². The molecule has 6 nitrogen and oxygen atoms in total. The number of benzene rings is 1. The van der Waals surface area contributed by atoms with Crippen molar-refractivity contribution in [3.63, 3.8) is 0 Å². The van der Waals surface area contributed by atoms with Crippen LogP contribution < -0.4 is 10.2 Å². The maximum Gasteiger partial charge on any atom is 0.231 e. The third-order valence-corrected chi connectivity index (χ3v) is 5.14. The molecule has 0 saturated carbocycles. The molecule has 1 saturated heterocycles. The lowest BCUT2D eigenvalue weighted by atomic mass is 10.1. The second-order valence-corrected chi connectivity index (χ2v) is 8.06. The Balaban J connectivity index is 1.65. The van der Waals surface area contributed by atoms with Gasteiger partial charge >= 0.3 is 0 Å². The molecule has 1 unspecified atom stereocenters. The predicted molar refractivity (Wildman–Crippen MR) is 99.0 cm³/mol. The maximum atomic E-state index is 13.3. The smallest absolute Gasteiger partial charge is 0.231 e. The van der Waals surface area contributed by atoms with Crippen LogP contribution in [0.15, 0.2) is 18.2 Å². The summed E-state index contributed by atoms with van der Waals surface area (Å²) in [5, 5.41) is 12.0. The Kier molecular flexibility index (Phi) is 5.52. The highest BCUT2D eigenvalue weighted by Crippen LogP contribution is 2.29. The highest BCUT2D eigenvalue weighted by atomic mass is 35.5. The van der Waals surface area contributed by atoms with Crippen LogP contribution in [-0.4, -0.2) is 28.6 Å². The Bertz CT molecular complexity index is 842. The number of hydrogen-bond acceptors (Lipinski definition) is 5. The van der Waals surface area contributed by atoms with Crippen molar-refractivity contribution < 1.29 is 14.0 Å². The molecule has 2 amide bonds. The standard InChI is InChI=1S/C17H18ClFN4O2S/c1-9(2)5-14-21-22-17(26-14)20-16(25)10-6-15(24)23(8-10)11-3-4-13(19)12(18)7-11/h3-4,7,9-10H,5-6,8H2,1-2H3,(H,20,22,25). The average Bonchev–Trinajstić information content (AvgIpc) is 3.16. The van der Waals surface area contributed by atoms with Gasteiger partial charge in [0.25, 0.3) is 0 Å². The first-order valence-corrected chi connectivity index (χ1v) is 9.41. The van der Waals surface area contributed by atoms with E-state index < -0.39 is 11.7 Å². The van der Waals surface area contributed by atoms with Crippen molar-refractivity contribution in [2.45, 2.75) is 26.7 Å². The summed E-state index contributed by atoms with van der Waals surface area (Å²) in [7, 11) is 0. The summed E-state index contributed by atoms with van der Waals surface area (Å²) in [6, 6.07) is 4.07. The first-order chi connectivity index (χ1) is 12.3. The Morgan fingerprint density at radius 3 is 2.92 bits per heavy atom. The molecule has 9 heteroatoms. The summed E-state index contributed by atoms with van der Waals surface area (Å²) < 4.78 is 13.3. The van der Waals surface area contributed by atoms with Gasteiger partial charge in [0.2, 0.25) is 16.9 Å². The molecular weight excluding hydrogens is 379 g/mol. The number of nitrogens with zero attached hydrogens (tertiary/aromatic N) is 3. The van der Waals surface area contributed by atoms with Gasteiger partial charge in [-0.3, -0.25) is 9.59 Å². The molecule has 1 atom stereocenters. The topological polar surface area (TPSA) is 75.2 Å². The van der Waals surface area contributed by atoms with Crippen LogP contribution in [0.3, 0.4) is 0 Å². The fourth-order valence-corrected chi connectivity index (χ4v) is 3.86. The molecule has 1 aromatic heterocycles. The van der Waals surface area contributed by atoms with E-state index in [1.54, 1.807) is 0 Å². The Morgan fingerprint density at radius 1 is 1.46 bits per heavy atom. The SMILES string of the molecule is CC(C)Cc1nnc(NC(=O)C2CC(=O)N(c3ccc(F)c(Cl)c3)C2)s1. The zero-order valence-electron chi connectivity index (χ0n) is 14.3. The van der Waals surface area contributed by atoms with E-state index in [9.17, 15) is 14.0 Å². The summed E-state index contributed by atoms with van der Waals surface area (Å²) in [4.78, 5) is 26.1. The molecule has 1 aromatic carbocycles. The first kappa shape index (κ1) is 18.7. The lowest BCUT2D eigenvalue weighted by molar-refractivity contribution is -0.122. The number of nitrogens with one attached hydrogen (secondary N) is 1. The molecule has 1 aliphatic rings. The lowest BCUT2D eigenvalue weighted by Crippen LogP contribution is -2.28. The van der Waals surface area contributed by atoms with Crippen LogP contribution in [0, 0.1) is 17.7 Å². The van der Waals surface area contributed by atoms with Gasteiger partial charge in [-0.1, -0.05) is 36.8 Å². The molecule has 2 aromatic rings. The third kappa shape index (κ3) is 4.19. The van der Waals surface area contributed by atoms with Crippen LogP contribution in [0.5, 0.6) is 0 Å². The van der Waals surface area contributed by atoms with Gasteiger partial charge in [-0.2, -0.15) is 0 Å². The van der Waals surface area contributed by atoms with Crippen molar-refractivity contribution in [3.8, 4) is 0 Å². The summed E-state index contributed by atoms with van der Waals surface area (Å²) in [6.07, 6.45) is 0.882. The van der Waals surface area contributed by atoms with Crippen LogP contribution in [0.2, 0.25) is 5.02 Å². The molecule has 138 valence electrons. The van der Waals surface area contributed by atoms with Gasteiger partial charge in [0, 0.05) is 25.1 Å². The predicted octanol–water partition coefficient (Wildman–Crippen LogP) is 3.52. The maximum absolute atomic E-state index is 13.3. The number of halogens is 2. The summed E-state index contributed by atoms with van der Waals surface area (Å²) in [5.41, 5.74) is 0.479. The molecule has 3 rings (SSSR count). The number of aromatic nitrogens is 2. The molecule has 0 bridgehead atoms. The van der Waals surface area contributed by atoms with Crippen molar-refractivity contribution in [3.05, 3.63) is 34.0 Å². The van der Waals surface area contributed by atoms with E-state index >= 15 is 0 Å². The van der Waals surface area contributed by atoms with E-state index in [0.717, 1.165) is 11.4 Å². The molecule has 26 heavy (non-hydrogen) atoms. The van der Waals surface area contributed by atoms with E-state index in [-0.39, 0.29) is 29.8 Å². The average molecular weight is 397 g/mol. The lowest BCUT2D eigenvalue weighted by Gasteiger charge is -2.17. The largest absolute Gasteiger partial charge is 0.312 e. The van der Waals surface area contributed by atoms with Gasteiger partial charge in [0.15, 0.2) is 0 Å². The van der Waals surface area contributed by atoms with E-state index in [1.165, 1.54) is 34.4 Å². The van der Waals surface area contributed by atoms with Crippen LogP contribution >= 0.6 is 22.9 Å². The monoisotopic (exact) mass is 396 g/mol. The molecule has 0 radical (unpaired) electrons. The van der Waals surface area contributed by atoms with E-state index in [4.69, 9.17) is 11.6 Å². The van der Waals surface area contributed by atoms with Crippen molar-refractivity contribution in [2.75, 3.05) is 16.8 Å². The van der Waals surface area contributed by atoms with Gasteiger partial charge in [-0.25, -0.2) is 4.39 Å². The number of anilines is 2. The molecule has 1 aliphatic heterocycles. The quantitative estimate of drug-likeness (QED) is 0.839. The normalized spacial score (nSPS) is 17.2. The van der Waals surface area contributed by atoms with Crippen molar-refractivity contribution in [1.29, 1.82) is 0 Å². The van der Waals surface area contributed by atoms with Gasteiger partial charge in [-0.05, 0) is 24.1 Å². The van der Waals surface area contributed by atoms with Crippen LogP contribution in [-0.2, 0) is 16.0 Å². The minimum Gasteiger partial charge on any atom is -0.312 e. The second-order valence-electron chi connectivity index (χ2n) is 6.59. The Hall–Kier alpha value is -2.06. The number of amides is 2. The van der Waals surface area contributed by atoms with E-state index in [2.05, 4.69) is 29.4 Å². The van der Waals surface area contributed by atoms with Crippen LogP contribution in [0.1, 0.15) is 25.3 Å². The molecule has 1 N–H and O–H groups in total. The first-order valence-electron chi connectivity index (χ1n) is 8.22. The third-order valence-electron chi connectivity index (χ3n) is 3.99. The Morgan fingerprint density at radius 2 is 2.23 bits per heavy atom.